The zero-order chi connectivity index (χ0) is 16.2. The number of hydrogen-bond donors (Lipinski definition) is 1. The van der Waals surface area contributed by atoms with Gasteiger partial charge in [-0.15, -0.1) is 0 Å². The monoisotopic (exact) mass is 314 g/mol. The molecule has 5 nitrogen and oxygen atoms in total. The maximum atomic E-state index is 12.9. The lowest BCUT2D eigenvalue weighted by Crippen LogP contribution is -2.28. The van der Waals surface area contributed by atoms with Gasteiger partial charge in [-0.05, 0) is 42.0 Å². The molecule has 0 bridgehead atoms. The maximum Gasteiger partial charge on any atom is 0.268 e. The molecule has 1 unspecified atom stereocenters. The molecule has 1 aliphatic rings. The van der Waals surface area contributed by atoms with Gasteiger partial charge in [-0.25, -0.2) is 4.39 Å². The summed E-state index contributed by atoms with van der Waals surface area (Å²) >= 11 is 0. The van der Waals surface area contributed by atoms with Crippen LogP contribution in [-0.2, 0) is 9.63 Å². The van der Waals surface area contributed by atoms with E-state index in [1.54, 1.807) is 43.5 Å². The summed E-state index contributed by atoms with van der Waals surface area (Å²) in [7, 11) is 1.58. The second kappa shape index (κ2) is 6.48. The zero-order valence-electron chi connectivity index (χ0n) is 12.5. The van der Waals surface area contributed by atoms with Gasteiger partial charge in [0.05, 0.1) is 12.8 Å². The van der Waals surface area contributed by atoms with Gasteiger partial charge in [-0.3, -0.25) is 4.79 Å². The average Bonchev–Trinajstić information content (AvgIpc) is 3.06. The zero-order valence-corrected chi connectivity index (χ0v) is 12.5. The number of hydrogen-bond acceptors (Lipinski definition) is 4. The van der Waals surface area contributed by atoms with Gasteiger partial charge in [-0.1, -0.05) is 17.3 Å². The van der Waals surface area contributed by atoms with Crippen LogP contribution in [0.1, 0.15) is 12.0 Å². The molecule has 0 saturated heterocycles. The maximum absolute atomic E-state index is 12.9. The number of rotatable bonds is 4. The summed E-state index contributed by atoms with van der Waals surface area (Å²) in [5.41, 5.74) is 2.01. The second-order valence-electron chi connectivity index (χ2n) is 5.06. The van der Waals surface area contributed by atoms with Crippen molar-refractivity contribution in [1.29, 1.82) is 0 Å². The van der Waals surface area contributed by atoms with Gasteiger partial charge >= 0.3 is 0 Å². The minimum absolute atomic E-state index is 0.281. The Morgan fingerprint density at radius 2 is 1.91 bits per heavy atom. The first-order valence-corrected chi connectivity index (χ1v) is 7.09. The van der Waals surface area contributed by atoms with Gasteiger partial charge in [0.15, 0.2) is 0 Å². The van der Waals surface area contributed by atoms with Crippen LogP contribution < -0.4 is 10.1 Å². The first-order valence-electron chi connectivity index (χ1n) is 7.09. The van der Waals surface area contributed by atoms with Gasteiger partial charge in [0, 0.05) is 12.1 Å². The molecule has 3 rings (SSSR count). The minimum Gasteiger partial charge on any atom is -0.497 e. The molecule has 1 N–H and O–H groups in total. The molecule has 2 aromatic carbocycles. The number of carbonyl (C=O) groups excluding carboxylic acids is 1. The third-order valence-electron chi connectivity index (χ3n) is 3.50. The molecule has 6 heteroatoms. The number of methoxy groups -OCH3 is 1. The molecule has 0 radical (unpaired) electrons. The Morgan fingerprint density at radius 1 is 1.22 bits per heavy atom. The van der Waals surface area contributed by atoms with E-state index in [-0.39, 0.29) is 11.7 Å². The fourth-order valence-corrected chi connectivity index (χ4v) is 2.23. The van der Waals surface area contributed by atoms with Crippen LogP contribution >= 0.6 is 0 Å². The first kappa shape index (κ1) is 15.0. The van der Waals surface area contributed by atoms with E-state index >= 15 is 0 Å². The van der Waals surface area contributed by atoms with E-state index in [9.17, 15) is 9.18 Å². The molecular weight excluding hydrogens is 299 g/mol. The van der Waals surface area contributed by atoms with Crippen molar-refractivity contribution in [3.8, 4) is 5.75 Å². The molecule has 118 valence electrons. The van der Waals surface area contributed by atoms with Crippen molar-refractivity contribution in [2.75, 3.05) is 12.4 Å². The van der Waals surface area contributed by atoms with Crippen molar-refractivity contribution in [3.63, 3.8) is 0 Å². The Kier molecular flexibility index (Phi) is 4.23. The minimum atomic E-state index is -0.697. The van der Waals surface area contributed by atoms with Crippen molar-refractivity contribution in [1.82, 2.24) is 0 Å². The van der Waals surface area contributed by atoms with Gasteiger partial charge in [0.25, 0.3) is 5.91 Å². The van der Waals surface area contributed by atoms with Crippen LogP contribution in [0.4, 0.5) is 10.1 Å². The van der Waals surface area contributed by atoms with Gasteiger partial charge in [0.2, 0.25) is 6.10 Å². The molecule has 2 aromatic rings. The third-order valence-corrected chi connectivity index (χ3v) is 3.50. The van der Waals surface area contributed by atoms with E-state index in [1.807, 2.05) is 0 Å². The highest BCUT2D eigenvalue weighted by atomic mass is 19.1. The Balaban J connectivity index is 1.60. The van der Waals surface area contributed by atoms with Crippen LogP contribution in [0.5, 0.6) is 5.75 Å². The fraction of sp³-hybridized carbons (Fsp3) is 0.176. The highest BCUT2D eigenvalue weighted by Gasteiger charge is 2.28. The summed E-state index contributed by atoms with van der Waals surface area (Å²) in [5, 5.41) is 6.68. The largest absolute Gasteiger partial charge is 0.497 e. The Labute approximate surface area is 132 Å². The number of anilines is 1. The van der Waals surface area contributed by atoms with Crippen molar-refractivity contribution in [3.05, 3.63) is 59.9 Å². The van der Waals surface area contributed by atoms with E-state index in [0.29, 0.717) is 23.6 Å². The predicted molar refractivity (Wildman–Crippen MR) is 84.1 cm³/mol. The van der Waals surface area contributed by atoms with Crippen molar-refractivity contribution >= 4 is 17.3 Å². The normalized spacial score (nSPS) is 16.4. The summed E-state index contributed by atoms with van der Waals surface area (Å²) in [6.07, 6.45) is -0.356. The van der Waals surface area contributed by atoms with Crippen LogP contribution in [0.2, 0.25) is 0 Å². The summed E-state index contributed by atoms with van der Waals surface area (Å²) < 4.78 is 18.0. The van der Waals surface area contributed by atoms with Crippen LogP contribution in [-0.4, -0.2) is 24.8 Å². The number of ether oxygens (including phenoxy) is 1. The SMILES string of the molecule is COc1ccc(NC(=O)C2CC(c3ccc(F)cc3)=NO2)cc1. The number of carbonyl (C=O) groups is 1. The number of nitrogens with zero attached hydrogens (tertiary/aromatic N) is 1. The highest BCUT2D eigenvalue weighted by molar-refractivity contribution is 6.06. The van der Waals surface area contributed by atoms with Crippen LogP contribution in [0.25, 0.3) is 0 Å². The molecule has 1 aliphatic heterocycles. The Morgan fingerprint density at radius 3 is 2.57 bits per heavy atom. The molecule has 0 spiro atoms. The molecule has 1 amide bonds. The van der Waals surface area contributed by atoms with Gasteiger partial charge in [0.1, 0.15) is 11.6 Å². The molecule has 1 atom stereocenters. The van der Waals surface area contributed by atoms with E-state index in [0.717, 1.165) is 5.56 Å². The summed E-state index contributed by atoms with van der Waals surface area (Å²) in [5.74, 6) is 0.111. The smallest absolute Gasteiger partial charge is 0.268 e. The van der Waals surface area contributed by atoms with Crippen LogP contribution in [0.3, 0.4) is 0 Å². The number of amides is 1. The molecule has 0 aliphatic carbocycles. The summed E-state index contributed by atoms with van der Waals surface area (Å²) in [6.45, 7) is 0. The molecule has 23 heavy (non-hydrogen) atoms. The standard InChI is InChI=1S/C17H15FN2O3/c1-22-14-8-6-13(7-9-14)19-17(21)16-10-15(20-23-16)11-2-4-12(18)5-3-11/h2-9,16H,10H2,1H3,(H,19,21). The molecule has 0 fully saturated rings. The Bertz CT molecular complexity index is 727. The topological polar surface area (TPSA) is 59.9 Å². The summed E-state index contributed by atoms with van der Waals surface area (Å²) in [4.78, 5) is 17.4. The number of nitrogens with one attached hydrogen (secondary N) is 1. The molecular formula is C17H15FN2O3. The van der Waals surface area contributed by atoms with Crippen LogP contribution in [0.15, 0.2) is 53.7 Å². The third kappa shape index (κ3) is 3.48. The van der Waals surface area contributed by atoms with Crippen molar-refractivity contribution < 1.29 is 18.8 Å². The van der Waals surface area contributed by atoms with Gasteiger partial charge in [-0.2, -0.15) is 0 Å². The molecule has 0 aromatic heterocycles. The molecule has 1 heterocycles. The lowest BCUT2D eigenvalue weighted by Gasteiger charge is -2.10. The van der Waals surface area contributed by atoms with Crippen molar-refractivity contribution in [2.24, 2.45) is 5.16 Å². The van der Waals surface area contributed by atoms with Crippen LogP contribution in [0, 0.1) is 5.82 Å². The first-order chi connectivity index (χ1) is 11.2. The quantitative estimate of drug-likeness (QED) is 0.944. The summed E-state index contributed by atoms with van der Waals surface area (Å²) in [6, 6.07) is 12.9. The lowest BCUT2D eigenvalue weighted by atomic mass is 10.0. The van der Waals surface area contributed by atoms with E-state index < -0.39 is 6.10 Å². The van der Waals surface area contributed by atoms with Gasteiger partial charge < -0.3 is 14.9 Å². The van der Waals surface area contributed by atoms with E-state index in [2.05, 4.69) is 10.5 Å². The second-order valence-corrected chi connectivity index (χ2v) is 5.06. The highest BCUT2D eigenvalue weighted by Crippen LogP contribution is 2.20. The lowest BCUT2D eigenvalue weighted by molar-refractivity contribution is -0.125. The fourth-order valence-electron chi connectivity index (χ4n) is 2.23. The number of oxime groups is 1. The average molecular weight is 314 g/mol. The Hall–Kier alpha value is -2.89. The van der Waals surface area contributed by atoms with Crippen molar-refractivity contribution in [2.45, 2.75) is 12.5 Å². The number of halogens is 1. The number of benzene rings is 2. The van der Waals surface area contributed by atoms with E-state index in [4.69, 9.17) is 9.57 Å². The van der Waals surface area contributed by atoms with E-state index in [1.165, 1.54) is 12.1 Å². The predicted octanol–water partition coefficient (Wildman–Crippen LogP) is 2.97. The molecule has 0 saturated carbocycles.